The molecule has 2 amide bonds. The predicted octanol–water partition coefficient (Wildman–Crippen LogP) is 3.59. The number of esters is 1. The molecule has 39 heavy (non-hydrogen) atoms. The fourth-order valence-corrected chi connectivity index (χ4v) is 7.13. The van der Waals surface area contributed by atoms with Gasteiger partial charge in [-0.25, -0.2) is 4.79 Å². The first-order valence-corrected chi connectivity index (χ1v) is 14.4. The predicted molar refractivity (Wildman–Crippen MR) is 148 cm³/mol. The molecule has 0 aromatic heterocycles. The van der Waals surface area contributed by atoms with Gasteiger partial charge in [0.1, 0.15) is 12.0 Å². The number of ether oxygens (including phenoxy) is 1. The van der Waals surface area contributed by atoms with Crippen molar-refractivity contribution in [3.05, 3.63) is 85.8 Å². The molecule has 0 radical (unpaired) electrons. The molecular weight excluding hydrogens is 542 g/mol. The minimum absolute atomic E-state index is 0.0719. The van der Waals surface area contributed by atoms with Crippen molar-refractivity contribution in [1.29, 1.82) is 0 Å². The second-order valence-corrected chi connectivity index (χ2v) is 11.5. The van der Waals surface area contributed by atoms with Crippen molar-refractivity contribution >= 4 is 47.0 Å². The fraction of sp³-hybridized carbons (Fsp3) is 0.370. The number of nitrogens with one attached hydrogen (secondary N) is 1. The van der Waals surface area contributed by atoms with Crippen LogP contribution in [0.5, 0.6) is 0 Å². The van der Waals surface area contributed by atoms with Gasteiger partial charge in [-0.2, -0.15) is 0 Å². The summed E-state index contributed by atoms with van der Waals surface area (Å²) in [5.74, 6) is -1.36. The molecule has 2 aliphatic heterocycles. The minimum Gasteiger partial charge on any atom is -0.456 e. The van der Waals surface area contributed by atoms with Crippen LogP contribution in [0, 0.1) is 16.0 Å². The largest absolute Gasteiger partial charge is 0.456 e. The van der Waals surface area contributed by atoms with Gasteiger partial charge in [-0.3, -0.25) is 24.6 Å². The summed E-state index contributed by atoms with van der Waals surface area (Å²) in [6, 6.07) is 15.5. The molecule has 0 unspecified atom stereocenters. The molecule has 0 aliphatic carbocycles. The highest BCUT2D eigenvalue weighted by atomic mass is 32.2. The number of amides is 2. The van der Waals surface area contributed by atoms with E-state index in [2.05, 4.69) is 5.32 Å². The van der Waals surface area contributed by atoms with E-state index in [9.17, 15) is 29.6 Å². The summed E-state index contributed by atoms with van der Waals surface area (Å²) >= 11 is 2.63. The van der Waals surface area contributed by atoms with Gasteiger partial charge in [-0.05, 0) is 36.1 Å². The van der Waals surface area contributed by atoms with Crippen molar-refractivity contribution in [2.24, 2.45) is 5.92 Å². The molecule has 2 N–H and O–H groups in total. The lowest BCUT2D eigenvalue weighted by Gasteiger charge is -2.44. The molecule has 206 valence electrons. The van der Waals surface area contributed by atoms with E-state index < -0.39 is 28.3 Å². The molecule has 0 bridgehead atoms. The van der Waals surface area contributed by atoms with Crippen molar-refractivity contribution in [1.82, 2.24) is 10.2 Å². The van der Waals surface area contributed by atoms with E-state index in [0.717, 1.165) is 12.0 Å². The Morgan fingerprint density at radius 1 is 1.18 bits per heavy atom. The van der Waals surface area contributed by atoms with Crippen LogP contribution in [0.2, 0.25) is 0 Å². The number of hydrogen-bond donors (Lipinski definition) is 2. The number of carbonyl (C=O) groups excluding carboxylic acids is 3. The van der Waals surface area contributed by atoms with Crippen molar-refractivity contribution in [2.75, 3.05) is 12.3 Å². The smallest absolute Gasteiger partial charge is 0.357 e. The zero-order chi connectivity index (χ0) is 27.9. The summed E-state index contributed by atoms with van der Waals surface area (Å²) in [6.45, 7) is 2.19. The van der Waals surface area contributed by atoms with Gasteiger partial charge in [0.25, 0.3) is 5.69 Å². The number of aliphatic hydroxyl groups excluding tert-OH is 1. The quantitative estimate of drug-likeness (QED) is 0.160. The standard InChI is InChI=1S/C27H29N3O7S2/c1-2-20(31)22-24(33)29-23(26(34)37-16-18-8-10-19(11-9-18)30(35)36)27(39-25(22)29)38-15-13-21(32)28-14-12-17-6-4-3-5-7-17/h3-11,20,22,25,31H,2,12-16H2,1H3,(H,28,32)/t20-,22+,25+/m0/s1. The van der Waals surface area contributed by atoms with Crippen LogP contribution in [0.4, 0.5) is 5.69 Å². The van der Waals surface area contributed by atoms with Gasteiger partial charge in [0.05, 0.1) is 21.2 Å². The van der Waals surface area contributed by atoms with Crippen LogP contribution in [-0.2, 0) is 32.1 Å². The first-order chi connectivity index (χ1) is 18.8. The molecule has 0 saturated carbocycles. The molecule has 0 spiro atoms. The van der Waals surface area contributed by atoms with Gasteiger partial charge in [0.2, 0.25) is 11.8 Å². The molecule has 1 saturated heterocycles. The average molecular weight is 572 g/mol. The molecule has 3 atom stereocenters. The van der Waals surface area contributed by atoms with Crippen LogP contribution in [0.3, 0.4) is 0 Å². The second-order valence-electron chi connectivity index (χ2n) is 9.04. The number of nitro benzene ring substituents is 1. The number of carbonyl (C=O) groups is 3. The van der Waals surface area contributed by atoms with Gasteiger partial charge < -0.3 is 15.2 Å². The number of nitro groups is 1. The molecule has 2 aliphatic rings. The van der Waals surface area contributed by atoms with Crippen molar-refractivity contribution in [2.45, 2.75) is 44.3 Å². The van der Waals surface area contributed by atoms with Gasteiger partial charge in [-0.15, -0.1) is 11.8 Å². The van der Waals surface area contributed by atoms with Crippen molar-refractivity contribution in [3.63, 3.8) is 0 Å². The number of fused-ring (bicyclic) bond motifs is 1. The maximum absolute atomic E-state index is 13.1. The van der Waals surface area contributed by atoms with Gasteiger partial charge in [0.15, 0.2) is 5.70 Å². The zero-order valence-corrected chi connectivity index (χ0v) is 22.9. The number of nitrogens with zero attached hydrogens (tertiary/aromatic N) is 2. The van der Waals surface area contributed by atoms with Crippen LogP contribution >= 0.6 is 23.5 Å². The summed E-state index contributed by atoms with van der Waals surface area (Å²) < 4.78 is 6.03. The van der Waals surface area contributed by atoms with E-state index in [0.29, 0.717) is 28.5 Å². The summed E-state index contributed by atoms with van der Waals surface area (Å²) in [4.78, 5) is 50.0. The maximum atomic E-state index is 13.1. The highest BCUT2D eigenvalue weighted by Gasteiger charge is 2.58. The van der Waals surface area contributed by atoms with Gasteiger partial charge >= 0.3 is 5.97 Å². The molecule has 12 heteroatoms. The highest BCUT2D eigenvalue weighted by molar-refractivity contribution is 8.22. The molecule has 2 aromatic carbocycles. The third-order valence-electron chi connectivity index (χ3n) is 6.43. The van der Waals surface area contributed by atoms with Crippen LogP contribution in [0.15, 0.2) is 64.5 Å². The summed E-state index contributed by atoms with van der Waals surface area (Å²) in [5.41, 5.74) is 1.74. The Morgan fingerprint density at radius 2 is 1.90 bits per heavy atom. The summed E-state index contributed by atoms with van der Waals surface area (Å²) in [5, 5.41) is 23.7. The summed E-state index contributed by atoms with van der Waals surface area (Å²) in [7, 11) is 0. The van der Waals surface area contributed by atoms with Crippen LogP contribution in [-0.4, -0.2) is 56.5 Å². The van der Waals surface area contributed by atoms with Crippen LogP contribution in [0.25, 0.3) is 0 Å². The number of β-lactam (4-membered cyclic amide) rings is 1. The van der Waals surface area contributed by atoms with E-state index in [4.69, 9.17) is 4.74 Å². The number of aliphatic hydroxyl groups is 1. The maximum Gasteiger partial charge on any atom is 0.357 e. The number of thioether (sulfide) groups is 2. The van der Waals surface area contributed by atoms with Crippen LogP contribution < -0.4 is 5.32 Å². The third kappa shape index (κ3) is 6.81. The van der Waals surface area contributed by atoms with Gasteiger partial charge in [0, 0.05) is 30.9 Å². The Hall–Kier alpha value is -3.35. The number of non-ortho nitro benzene ring substituents is 1. The van der Waals surface area contributed by atoms with E-state index in [-0.39, 0.29) is 36.2 Å². The number of benzene rings is 2. The Morgan fingerprint density at radius 3 is 2.56 bits per heavy atom. The first-order valence-electron chi connectivity index (χ1n) is 12.6. The monoisotopic (exact) mass is 571 g/mol. The van der Waals surface area contributed by atoms with E-state index in [1.807, 2.05) is 30.3 Å². The highest BCUT2D eigenvalue weighted by Crippen LogP contribution is 2.54. The van der Waals surface area contributed by atoms with Crippen molar-refractivity contribution < 1.29 is 29.2 Å². The van der Waals surface area contributed by atoms with Crippen LogP contribution in [0.1, 0.15) is 30.9 Å². The zero-order valence-electron chi connectivity index (χ0n) is 21.3. The lowest BCUT2D eigenvalue weighted by Crippen LogP contribution is -2.61. The van der Waals surface area contributed by atoms with E-state index in [1.165, 1.54) is 52.7 Å². The Bertz CT molecular complexity index is 1250. The lowest BCUT2D eigenvalue weighted by molar-refractivity contribution is -0.384. The normalized spacial score (nSPS) is 18.8. The van der Waals surface area contributed by atoms with Gasteiger partial charge in [-0.1, -0.05) is 49.0 Å². The Kier molecular flexibility index (Phi) is 9.65. The Balaban J connectivity index is 1.36. The number of hydrogen-bond acceptors (Lipinski definition) is 9. The average Bonchev–Trinajstić information content (AvgIpc) is 3.26. The Labute approximate surface area is 234 Å². The molecule has 10 nitrogen and oxygen atoms in total. The van der Waals surface area contributed by atoms with E-state index >= 15 is 0 Å². The molecule has 4 rings (SSSR count). The topological polar surface area (TPSA) is 139 Å². The third-order valence-corrected chi connectivity index (χ3v) is 9.09. The fourth-order valence-electron chi connectivity index (χ4n) is 4.25. The second kappa shape index (κ2) is 13.1. The minimum atomic E-state index is -0.816. The van der Waals surface area contributed by atoms with E-state index in [1.54, 1.807) is 6.92 Å². The molecular formula is C27H29N3O7S2. The first kappa shape index (κ1) is 28.7. The number of rotatable bonds is 13. The summed E-state index contributed by atoms with van der Waals surface area (Å²) in [6.07, 6.45) is 0.551. The molecule has 2 heterocycles. The molecule has 2 aromatic rings. The lowest BCUT2D eigenvalue weighted by atomic mass is 9.90. The molecule has 1 fully saturated rings. The van der Waals surface area contributed by atoms with Crippen molar-refractivity contribution in [3.8, 4) is 0 Å². The SMILES string of the molecule is CC[C@H](O)[C@@H]1C(=O)N2C(C(=O)OCc3ccc([N+](=O)[O-])cc3)=C(SCCC(=O)NCCc3ccccc3)S[C@H]12.